The van der Waals surface area contributed by atoms with Crippen LogP contribution in [0, 0.1) is 6.92 Å². The van der Waals surface area contributed by atoms with Gasteiger partial charge in [0.2, 0.25) is 0 Å². The molecular weight excluding hydrogens is 164 g/mol. The van der Waals surface area contributed by atoms with E-state index in [4.69, 9.17) is 4.74 Å². The van der Waals surface area contributed by atoms with E-state index in [2.05, 4.69) is 6.92 Å². The van der Waals surface area contributed by atoms with Crippen molar-refractivity contribution in [2.75, 3.05) is 7.11 Å². The molecule has 1 N–H and O–H groups in total. The summed E-state index contributed by atoms with van der Waals surface area (Å²) in [7, 11) is 1.57. The Morgan fingerprint density at radius 1 is 1.38 bits per heavy atom. The molecule has 0 spiro atoms. The number of phenols is 1. The Kier molecular flexibility index (Phi) is 3.18. The van der Waals surface area contributed by atoms with E-state index < -0.39 is 0 Å². The lowest BCUT2D eigenvalue weighted by atomic mass is 10.1. The Hall–Kier alpha value is -1.18. The third kappa shape index (κ3) is 2.14. The SMILES string of the molecule is CCCc1cc(C)cc(OC)c1O. The number of aromatic hydroxyl groups is 1. The van der Waals surface area contributed by atoms with Crippen LogP contribution in [0.4, 0.5) is 0 Å². The van der Waals surface area contributed by atoms with E-state index in [9.17, 15) is 5.11 Å². The monoisotopic (exact) mass is 180 g/mol. The summed E-state index contributed by atoms with van der Waals surface area (Å²) in [5.41, 5.74) is 2.09. The summed E-state index contributed by atoms with van der Waals surface area (Å²) < 4.78 is 5.06. The number of aryl methyl sites for hydroxylation is 2. The number of hydrogen-bond acceptors (Lipinski definition) is 2. The second kappa shape index (κ2) is 4.17. The summed E-state index contributed by atoms with van der Waals surface area (Å²) in [4.78, 5) is 0. The predicted molar refractivity (Wildman–Crippen MR) is 53.4 cm³/mol. The van der Waals surface area contributed by atoms with Crippen molar-refractivity contribution in [2.45, 2.75) is 26.7 Å². The highest BCUT2D eigenvalue weighted by Crippen LogP contribution is 2.31. The zero-order valence-electron chi connectivity index (χ0n) is 8.42. The molecule has 0 unspecified atom stereocenters. The fourth-order valence-corrected chi connectivity index (χ4v) is 1.43. The van der Waals surface area contributed by atoms with Crippen LogP contribution in [-0.4, -0.2) is 12.2 Å². The van der Waals surface area contributed by atoms with Crippen LogP contribution in [0.2, 0.25) is 0 Å². The normalized spacial score (nSPS) is 10.1. The quantitative estimate of drug-likeness (QED) is 0.774. The molecule has 2 heteroatoms. The van der Waals surface area contributed by atoms with Crippen molar-refractivity contribution in [3.63, 3.8) is 0 Å². The average molecular weight is 180 g/mol. The molecular formula is C11H16O2. The van der Waals surface area contributed by atoms with Gasteiger partial charge in [0.05, 0.1) is 7.11 Å². The highest BCUT2D eigenvalue weighted by Gasteiger charge is 2.07. The van der Waals surface area contributed by atoms with E-state index in [-0.39, 0.29) is 5.75 Å². The first-order valence-electron chi connectivity index (χ1n) is 4.55. The Balaban J connectivity index is 3.11. The second-order valence-electron chi connectivity index (χ2n) is 3.22. The van der Waals surface area contributed by atoms with E-state index in [1.165, 1.54) is 0 Å². The van der Waals surface area contributed by atoms with E-state index in [0.29, 0.717) is 5.75 Å². The number of ether oxygens (including phenoxy) is 1. The van der Waals surface area contributed by atoms with Crippen LogP contribution in [-0.2, 0) is 6.42 Å². The van der Waals surface area contributed by atoms with Gasteiger partial charge in [0, 0.05) is 0 Å². The average Bonchev–Trinajstić information content (AvgIpc) is 2.11. The minimum absolute atomic E-state index is 0.287. The first-order valence-corrected chi connectivity index (χ1v) is 4.55. The molecule has 1 aromatic carbocycles. The topological polar surface area (TPSA) is 29.5 Å². The van der Waals surface area contributed by atoms with Crippen molar-refractivity contribution < 1.29 is 9.84 Å². The molecule has 0 saturated heterocycles. The molecule has 0 radical (unpaired) electrons. The van der Waals surface area contributed by atoms with E-state index in [1.54, 1.807) is 7.11 Å². The number of hydrogen-bond donors (Lipinski definition) is 1. The maximum absolute atomic E-state index is 9.72. The minimum atomic E-state index is 0.287. The van der Waals surface area contributed by atoms with Gasteiger partial charge in [-0.05, 0) is 30.5 Å². The van der Waals surface area contributed by atoms with Crippen LogP contribution in [0.3, 0.4) is 0 Å². The molecule has 0 amide bonds. The molecule has 0 aliphatic carbocycles. The number of rotatable bonds is 3. The van der Waals surface area contributed by atoms with Gasteiger partial charge in [0.1, 0.15) is 0 Å². The predicted octanol–water partition coefficient (Wildman–Crippen LogP) is 2.66. The van der Waals surface area contributed by atoms with Gasteiger partial charge in [-0.25, -0.2) is 0 Å². The Labute approximate surface area is 79.2 Å². The van der Waals surface area contributed by atoms with Gasteiger partial charge in [-0.3, -0.25) is 0 Å². The molecule has 0 bridgehead atoms. The number of benzene rings is 1. The van der Waals surface area contributed by atoms with Crippen molar-refractivity contribution in [3.8, 4) is 11.5 Å². The fraction of sp³-hybridized carbons (Fsp3) is 0.455. The first kappa shape index (κ1) is 9.90. The zero-order valence-corrected chi connectivity index (χ0v) is 8.42. The molecule has 72 valence electrons. The lowest BCUT2D eigenvalue weighted by Crippen LogP contribution is -1.91. The summed E-state index contributed by atoms with van der Waals surface area (Å²) in [6.45, 7) is 4.09. The molecule has 13 heavy (non-hydrogen) atoms. The molecule has 0 heterocycles. The minimum Gasteiger partial charge on any atom is -0.504 e. The van der Waals surface area contributed by atoms with Gasteiger partial charge in [0.15, 0.2) is 11.5 Å². The van der Waals surface area contributed by atoms with Crippen LogP contribution in [0.1, 0.15) is 24.5 Å². The van der Waals surface area contributed by atoms with Crippen LogP contribution in [0.15, 0.2) is 12.1 Å². The standard InChI is InChI=1S/C11H16O2/c1-4-5-9-6-8(2)7-10(13-3)11(9)12/h6-7,12H,4-5H2,1-3H3. The summed E-state index contributed by atoms with van der Waals surface area (Å²) in [5, 5.41) is 9.72. The van der Waals surface area contributed by atoms with Crippen molar-refractivity contribution in [2.24, 2.45) is 0 Å². The second-order valence-corrected chi connectivity index (χ2v) is 3.22. The van der Waals surface area contributed by atoms with Gasteiger partial charge in [-0.1, -0.05) is 19.4 Å². The summed E-state index contributed by atoms with van der Waals surface area (Å²) in [6.07, 6.45) is 1.92. The molecule has 1 rings (SSSR count). The van der Waals surface area contributed by atoms with Crippen LogP contribution >= 0.6 is 0 Å². The van der Waals surface area contributed by atoms with E-state index in [0.717, 1.165) is 24.0 Å². The lowest BCUT2D eigenvalue weighted by molar-refractivity contribution is 0.370. The van der Waals surface area contributed by atoms with Crippen molar-refractivity contribution >= 4 is 0 Å². The molecule has 0 aliphatic rings. The Bertz CT molecular complexity index is 292. The Morgan fingerprint density at radius 2 is 2.08 bits per heavy atom. The van der Waals surface area contributed by atoms with Crippen LogP contribution in [0.25, 0.3) is 0 Å². The summed E-state index contributed by atoms with van der Waals surface area (Å²) >= 11 is 0. The van der Waals surface area contributed by atoms with Gasteiger partial charge in [0.25, 0.3) is 0 Å². The summed E-state index contributed by atoms with van der Waals surface area (Å²) in [5.74, 6) is 0.860. The molecule has 0 saturated carbocycles. The maximum Gasteiger partial charge on any atom is 0.161 e. The number of phenolic OH excluding ortho intramolecular Hbond substituents is 1. The van der Waals surface area contributed by atoms with Gasteiger partial charge in [-0.2, -0.15) is 0 Å². The highest BCUT2D eigenvalue weighted by molar-refractivity contribution is 5.48. The number of methoxy groups -OCH3 is 1. The molecule has 0 fully saturated rings. The Morgan fingerprint density at radius 3 is 2.62 bits per heavy atom. The third-order valence-electron chi connectivity index (χ3n) is 2.04. The largest absolute Gasteiger partial charge is 0.504 e. The maximum atomic E-state index is 9.72. The van der Waals surface area contributed by atoms with E-state index >= 15 is 0 Å². The van der Waals surface area contributed by atoms with Crippen LogP contribution in [0.5, 0.6) is 11.5 Å². The summed E-state index contributed by atoms with van der Waals surface area (Å²) in [6, 6.07) is 3.84. The van der Waals surface area contributed by atoms with Crippen molar-refractivity contribution in [1.29, 1.82) is 0 Å². The fourth-order valence-electron chi connectivity index (χ4n) is 1.43. The smallest absolute Gasteiger partial charge is 0.161 e. The molecule has 0 atom stereocenters. The van der Waals surface area contributed by atoms with Gasteiger partial charge >= 0.3 is 0 Å². The third-order valence-corrected chi connectivity index (χ3v) is 2.04. The highest BCUT2D eigenvalue weighted by atomic mass is 16.5. The zero-order chi connectivity index (χ0) is 9.84. The van der Waals surface area contributed by atoms with E-state index in [1.807, 2.05) is 19.1 Å². The first-order chi connectivity index (χ1) is 6.19. The molecule has 0 aliphatic heterocycles. The molecule has 2 nitrogen and oxygen atoms in total. The molecule has 0 aromatic heterocycles. The van der Waals surface area contributed by atoms with Crippen molar-refractivity contribution in [1.82, 2.24) is 0 Å². The van der Waals surface area contributed by atoms with Gasteiger partial charge < -0.3 is 9.84 Å². The van der Waals surface area contributed by atoms with Gasteiger partial charge in [-0.15, -0.1) is 0 Å². The van der Waals surface area contributed by atoms with Crippen molar-refractivity contribution in [3.05, 3.63) is 23.3 Å². The lowest BCUT2D eigenvalue weighted by Gasteiger charge is -2.09. The van der Waals surface area contributed by atoms with Crippen LogP contribution < -0.4 is 4.74 Å². The molecule has 1 aromatic rings.